The SMILES string of the molecule is [C-]#[N+]/C(C#N)=C1\Sc2c(OC(=O)C3CCC(C)CC3)cc(C)c(OC(=O)C3CCC(C)CC3)c2S1. The van der Waals surface area contributed by atoms with Gasteiger partial charge in [0.25, 0.3) is 5.70 Å². The third-order valence-electron chi connectivity index (χ3n) is 7.25. The Morgan fingerprint density at radius 3 is 1.97 bits per heavy atom. The van der Waals surface area contributed by atoms with Crippen LogP contribution in [0.5, 0.6) is 11.5 Å². The predicted molar refractivity (Wildman–Crippen MR) is 136 cm³/mol. The quantitative estimate of drug-likeness (QED) is 0.182. The van der Waals surface area contributed by atoms with E-state index in [2.05, 4.69) is 18.7 Å². The molecule has 1 aromatic rings. The number of nitriles is 1. The number of aryl methyl sites for hydroxylation is 1. The molecule has 0 spiro atoms. The number of hydrogen-bond acceptors (Lipinski definition) is 7. The van der Waals surface area contributed by atoms with E-state index in [0.717, 1.165) is 51.4 Å². The fraction of sp³-hybridized carbons (Fsp3) is 0.556. The molecular formula is C27H30N2O4S2. The van der Waals surface area contributed by atoms with Crippen LogP contribution in [-0.2, 0) is 9.59 Å². The van der Waals surface area contributed by atoms with Gasteiger partial charge in [-0.2, -0.15) is 0 Å². The summed E-state index contributed by atoms with van der Waals surface area (Å²) in [5, 5.41) is 9.41. The van der Waals surface area contributed by atoms with Crippen molar-refractivity contribution in [1.29, 1.82) is 5.26 Å². The Kier molecular flexibility index (Phi) is 8.14. The number of rotatable bonds is 4. The lowest BCUT2D eigenvalue weighted by molar-refractivity contribution is -0.141. The number of benzene rings is 1. The van der Waals surface area contributed by atoms with Gasteiger partial charge < -0.3 is 9.47 Å². The van der Waals surface area contributed by atoms with Crippen molar-refractivity contribution < 1.29 is 19.1 Å². The van der Waals surface area contributed by atoms with Crippen molar-refractivity contribution in [1.82, 2.24) is 0 Å². The minimum absolute atomic E-state index is 0.0223. The third kappa shape index (κ3) is 5.71. The van der Waals surface area contributed by atoms with Crippen LogP contribution in [0.3, 0.4) is 0 Å². The number of nitrogens with zero attached hydrogens (tertiary/aromatic N) is 2. The highest BCUT2D eigenvalue weighted by atomic mass is 32.2. The fourth-order valence-corrected chi connectivity index (χ4v) is 7.44. The molecule has 0 radical (unpaired) electrons. The van der Waals surface area contributed by atoms with Crippen LogP contribution < -0.4 is 9.47 Å². The molecule has 2 saturated carbocycles. The van der Waals surface area contributed by atoms with E-state index in [-0.39, 0.29) is 29.5 Å². The molecule has 0 N–H and O–H groups in total. The van der Waals surface area contributed by atoms with Crippen molar-refractivity contribution >= 4 is 35.5 Å². The van der Waals surface area contributed by atoms with Gasteiger partial charge in [-0.05, 0) is 81.8 Å². The number of hydrogen-bond donors (Lipinski definition) is 0. The summed E-state index contributed by atoms with van der Waals surface area (Å²) in [6, 6.07) is 3.69. The van der Waals surface area contributed by atoms with Crippen molar-refractivity contribution in [2.75, 3.05) is 0 Å². The number of carbonyl (C=O) groups is 2. The largest absolute Gasteiger partial charge is 0.425 e. The molecule has 2 fully saturated rings. The number of ether oxygens (including phenoxy) is 2. The van der Waals surface area contributed by atoms with E-state index in [0.29, 0.717) is 42.9 Å². The summed E-state index contributed by atoms with van der Waals surface area (Å²) in [4.78, 5) is 30.6. The Hall–Kier alpha value is -2.42. The monoisotopic (exact) mass is 510 g/mol. The zero-order valence-electron chi connectivity index (χ0n) is 20.4. The molecule has 0 atom stereocenters. The standard InChI is InChI=1S/C27H30N2O4S2/c1-15-5-9-18(10-6-15)25(30)32-21-13-17(3)22(33-26(31)19-11-7-16(2)8-12-19)24-23(21)34-27(35-24)20(14-28)29-4/h13,15-16,18-19H,5-12H2,1-3H3/b27-20+. The van der Waals surface area contributed by atoms with E-state index in [4.69, 9.17) is 16.0 Å². The van der Waals surface area contributed by atoms with Crippen molar-refractivity contribution in [2.45, 2.75) is 81.9 Å². The molecule has 1 aromatic carbocycles. The molecule has 184 valence electrons. The first-order chi connectivity index (χ1) is 16.8. The van der Waals surface area contributed by atoms with E-state index in [1.807, 2.05) is 13.0 Å². The van der Waals surface area contributed by atoms with Gasteiger partial charge in [-0.3, -0.25) is 9.59 Å². The van der Waals surface area contributed by atoms with Crippen LogP contribution in [0.25, 0.3) is 4.85 Å². The fourth-order valence-electron chi connectivity index (χ4n) is 4.90. The van der Waals surface area contributed by atoms with Crippen LogP contribution >= 0.6 is 23.5 Å². The summed E-state index contributed by atoms with van der Waals surface area (Å²) in [5.41, 5.74) is 0.669. The van der Waals surface area contributed by atoms with Gasteiger partial charge in [0.15, 0.2) is 0 Å². The Morgan fingerprint density at radius 1 is 0.943 bits per heavy atom. The van der Waals surface area contributed by atoms with Crippen LogP contribution in [0, 0.1) is 48.5 Å². The highest BCUT2D eigenvalue weighted by Gasteiger charge is 2.34. The molecule has 0 unspecified atom stereocenters. The summed E-state index contributed by atoms with van der Waals surface area (Å²) >= 11 is 2.47. The number of thioether (sulfide) groups is 2. The zero-order valence-corrected chi connectivity index (χ0v) is 22.0. The van der Waals surface area contributed by atoms with E-state index in [1.54, 1.807) is 6.07 Å². The first-order valence-electron chi connectivity index (χ1n) is 12.3. The molecule has 1 heterocycles. The summed E-state index contributed by atoms with van der Waals surface area (Å²) in [6.07, 6.45) is 7.33. The lowest BCUT2D eigenvalue weighted by Gasteiger charge is -2.26. The molecule has 6 nitrogen and oxygen atoms in total. The summed E-state index contributed by atoms with van der Waals surface area (Å²) in [7, 11) is 0. The number of allylic oxidation sites excluding steroid dienone is 1. The molecule has 2 aliphatic carbocycles. The van der Waals surface area contributed by atoms with E-state index in [1.165, 1.54) is 23.5 Å². The Morgan fingerprint density at radius 2 is 1.46 bits per heavy atom. The van der Waals surface area contributed by atoms with Crippen molar-refractivity contribution in [3.63, 3.8) is 0 Å². The van der Waals surface area contributed by atoms with Gasteiger partial charge in [-0.1, -0.05) is 37.4 Å². The van der Waals surface area contributed by atoms with Crippen LogP contribution in [0.4, 0.5) is 0 Å². The highest BCUT2D eigenvalue weighted by molar-refractivity contribution is 8.24. The second-order valence-electron chi connectivity index (χ2n) is 10.00. The highest BCUT2D eigenvalue weighted by Crippen LogP contribution is 2.60. The lowest BCUT2D eigenvalue weighted by Crippen LogP contribution is -2.26. The maximum atomic E-state index is 13.0. The summed E-state index contributed by atoms with van der Waals surface area (Å²) in [6.45, 7) is 13.6. The van der Waals surface area contributed by atoms with Gasteiger partial charge in [0.05, 0.1) is 38.5 Å². The Bertz CT molecular complexity index is 1120. The second kappa shape index (κ2) is 11.1. The summed E-state index contributed by atoms with van der Waals surface area (Å²) < 4.78 is 12.4. The summed E-state index contributed by atoms with van der Waals surface area (Å²) in [5.74, 6) is 1.37. The van der Waals surface area contributed by atoms with Gasteiger partial charge in [0.1, 0.15) is 11.5 Å². The zero-order chi connectivity index (χ0) is 25.1. The topological polar surface area (TPSA) is 80.8 Å². The van der Waals surface area contributed by atoms with Crippen LogP contribution in [0.2, 0.25) is 0 Å². The van der Waals surface area contributed by atoms with Crippen LogP contribution in [0.15, 0.2) is 25.8 Å². The molecule has 3 aliphatic rings. The molecule has 1 aliphatic heterocycles. The number of carbonyl (C=O) groups excluding carboxylic acids is 2. The van der Waals surface area contributed by atoms with Gasteiger partial charge in [-0.25, -0.2) is 10.1 Å². The molecule has 0 amide bonds. The van der Waals surface area contributed by atoms with E-state index < -0.39 is 0 Å². The predicted octanol–water partition coefficient (Wildman–Crippen LogP) is 7.27. The lowest BCUT2D eigenvalue weighted by atomic mass is 9.83. The third-order valence-corrected chi connectivity index (χ3v) is 9.84. The average molecular weight is 511 g/mol. The van der Waals surface area contributed by atoms with Crippen molar-refractivity contribution in [3.05, 3.63) is 33.0 Å². The maximum Gasteiger partial charge on any atom is 0.314 e. The normalized spacial score (nSPS) is 27.2. The smallest absolute Gasteiger partial charge is 0.314 e. The van der Waals surface area contributed by atoms with Crippen molar-refractivity contribution in [2.24, 2.45) is 23.7 Å². The maximum absolute atomic E-state index is 13.0. The average Bonchev–Trinajstić information content (AvgIpc) is 3.28. The Labute approximate surface area is 215 Å². The first kappa shape index (κ1) is 25.7. The minimum atomic E-state index is -0.242. The second-order valence-corrected chi connectivity index (χ2v) is 12.3. The molecule has 4 rings (SSSR count). The molecule has 0 saturated heterocycles. The van der Waals surface area contributed by atoms with Crippen LogP contribution in [0.1, 0.15) is 70.8 Å². The van der Waals surface area contributed by atoms with E-state index in [9.17, 15) is 14.9 Å². The van der Waals surface area contributed by atoms with Gasteiger partial charge in [0.2, 0.25) is 0 Å². The number of esters is 2. The Balaban J connectivity index is 1.63. The molecule has 8 heteroatoms. The van der Waals surface area contributed by atoms with Gasteiger partial charge in [0, 0.05) is 0 Å². The van der Waals surface area contributed by atoms with E-state index >= 15 is 0 Å². The molecule has 35 heavy (non-hydrogen) atoms. The molecule has 0 bridgehead atoms. The van der Waals surface area contributed by atoms with Gasteiger partial charge in [-0.15, -0.1) is 0 Å². The van der Waals surface area contributed by atoms with Crippen LogP contribution in [-0.4, -0.2) is 11.9 Å². The first-order valence-corrected chi connectivity index (χ1v) is 13.9. The minimum Gasteiger partial charge on any atom is -0.425 e. The van der Waals surface area contributed by atoms with Crippen molar-refractivity contribution in [3.8, 4) is 17.6 Å². The molecular weight excluding hydrogens is 480 g/mol. The number of fused-ring (bicyclic) bond motifs is 1. The van der Waals surface area contributed by atoms with Gasteiger partial charge >= 0.3 is 11.9 Å². The molecule has 0 aromatic heterocycles.